The van der Waals surface area contributed by atoms with E-state index in [9.17, 15) is 0 Å². The zero-order valence-corrected chi connectivity index (χ0v) is 21.6. The highest BCUT2D eigenvalue weighted by Gasteiger charge is 2.26. The SMILES string of the molecule is C/C(=C\c1c(C)[nH][n+](-c2ccccc2)c1Nc1nc2ccccc2n1Cc1ccccc1)c1ccccc1. The smallest absolute Gasteiger partial charge is 0.286 e. The van der Waals surface area contributed by atoms with E-state index in [4.69, 9.17) is 4.98 Å². The summed E-state index contributed by atoms with van der Waals surface area (Å²) in [4.78, 5) is 5.03. The molecule has 0 saturated carbocycles. The normalized spacial score (nSPS) is 11.7. The van der Waals surface area contributed by atoms with Crippen molar-refractivity contribution in [3.8, 4) is 5.69 Å². The molecular weight excluding hydrogens is 466 g/mol. The molecule has 4 aromatic carbocycles. The van der Waals surface area contributed by atoms with Crippen LogP contribution in [-0.2, 0) is 6.54 Å². The number of nitrogens with one attached hydrogen (secondary N) is 2. The summed E-state index contributed by atoms with van der Waals surface area (Å²) >= 11 is 0. The van der Waals surface area contributed by atoms with Crippen LogP contribution in [0, 0.1) is 6.92 Å². The molecule has 5 nitrogen and oxygen atoms in total. The Morgan fingerprint density at radius 1 is 0.842 bits per heavy atom. The molecule has 0 aliphatic carbocycles. The molecule has 0 saturated heterocycles. The van der Waals surface area contributed by atoms with E-state index in [1.165, 1.54) is 16.7 Å². The van der Waals surface area contributed by atoms with Crippen molar-refractivity contribution in [1.82, 2.24) is 14.6 Å². The zero-order valence-electron chi connectivity index (χ0n) is 21.6. The monoisotopic (exact) mass is 496 g/mol. The van der Waals surface area contributed by atoms with Gasteiger partial charge < -0.3 is 0 Å². The molecule has 6 aromatic rings. The van der Waals surface area contributed by atoms with E-state index >= 15 is 0 Å². The Morgan fingerprint density at radius 2 is 1.47 bits per heavy atom. The first kappa shape index (κ1) is 23.5. The number of anilines is 2. The lowest BCUT2D eigenvalue weighted by molar-refractivity contribution is -0.641. The van der Waals surface area contributed by atoms with Gasteiger partial charge in [0.2, 0.25) is 0 Å². The summed E-state index contributed by atoms with van der Waals surface area (Å²) in [5.74, 6) is 1.74. The molecule has 0 aliphatic heterocycles. The van der Waals surface area contributed by atoms with E-state index in [0.717, 1.165) is 39.7 Å². The van der Waals surface area contributed by atoms with Gasteiger partial charge in [-0.3, -0.25) is 4.57 Å². The second-order valence-corrected chi connectivity index (χ2v) is 9.48. The second kappa shape index (κ2) is 10.2. The Kier molecular flexibility index (Phi) is 6.32. The highest BCUT2D eigenvalue weighted by molar-refractivity contribution is 5.85. The second-order valence-electron chi connectivity index (χ2n) is 9.48. The predicted octanol–water partition coefficient (Wildman–Crippen LogP) is 7.30. The molecule has 0 atom stereocenters. The molecule has 0 fully saturated rings. The minimum atomic E-state index is 0.715. The molecule has 0 spiro atoms. The summed E-state index contributed by atoms with van der Waals surface area (Å²) in [6, 6.07) is 39.6. The third-order valence-corrected chi connectivity index (χ3v) is 6.83. The summed E-state index contributed by atoms with van der Waals surface area (Å²) in [7, 11) is 0. The Labute approximate surface area is 222 Å². The lowest BCUT2D eigenvalue weighted by Crippen LogP contribution is -2.35. The molecule has 0 amide bonds. The Balaban J connectivity index is 1.51. The van der Waals surface area contributed by atoms with Crippen molar-refractivity contribution >= 4 is 34.4 Å². The molecule has 186 valence electrons. The molecule has 2 N–H and O–H groups in total. The number of nitrogens with zero attached hydrogens (tertiary/aromatic N) is 3. The van der Waals surface area contributed by atoms with Gasteiger partial charge in [0.05, 0.1) is 28.8 Å². The average Bonchev–Trinajstić information content (AvgIpc) is 3.47. The Morgan fingerprint density at radius 3 is 2.21 bits per heavy atom. The lowest BCUT2D eigenvalue weighted by Gasteiger charge is -2.08. The van der Waals surface area contributed by atoms with Gasteiger partial charge in [-0.05, 0) is 60.9 Å². The summed E-state index contributed by atoms with van der Waals surface area (Å²) in [6.07, 6.45) is 2.24. The summed E-state index contributed by atoms with van der Waals surface area (Å²) in [5.41, 5.74) is 8.86. The molecule has 38 heavy (non-hydrogen) atoms. The van der Waals surface area contributed by atoms with Crippen LogP contribution in [0.3, 0.4) is 0 Å². The standard InChI is InChI=1S/C33H29N5/c1-24(27-16-8-4-9-17-27)22-29-25(2)36-38(28-18-10-5-11-19-28)32(29)35-33-34-30-20-12-13-21-31(30)37(33)23-26-14-6-3-7-15-26/h3-22H,23H2,1-2H3,(H,34,35,36)/p+1/b24-22+. The largest absolute Gasteiger partial charge is 0.315 e. The summed E-state index contributed by atoms with van der Waals surface area (Å²) in [6.45, 7) is 4.98. The summed E-state index contributed by atoms with van der Waals surface area (Å²) < 4.78 is 4.35. The van der Waals surface area contributed by atoms with E-state index in [-0.39, 0.29) is 0 Å². The molecule has 2 heterocycles. The van der Waals surface area contributed by atoms with Crippen molar-refractivity contribution in [3.05, 3.63) is 138 Å². The Hall–Kier alpha value is -4.90. The number of H-pyrrole nitrogens is 1. The average molecular weight is 497 g/mol. The number of aromatic amines is 1. The van der Waals surface area contributed by atoms with Crippen molar-refractivity contribution in [2.24, 2.45) is 0 Å². The number of aromatic nitrogens is 4. The number of aryl methyl sites for hydroxylation is 1. The van der Waals surface area contributed by atoms with Crippen LogP contribution in [0.4, 0.5) is 11.8 Å². The predicted molar refractivity (Wildman–Crippen MR) is 156 cm³/mol. The van der Waals surface area contributed by atoms with Gasteiger partial charge in [-0.2, -0.15) is 4.98 Å². The third kappa shape index (κ3) is 4.62. The minimum absolute atomic E-state index is 0.715. The first-order valence-corrected chi connectivity index (χ1v) is 12.9. The van der Waals surface area contributed by atoms with Crippen LogP contribution < -0.4 is 10.00 Å². The maximum absolute atomic E-state index is 5.03. The highest BCUT2D eigenvalue weighted by atomic mass is 15.4. The van der Waals surface area contributed by atoms with E-state index in [1.807, 2.05) is 24.3 Å². The van der Waals surface area contributed by atoms with Gasteiger partial charge in [-0.15, -0.1) is 4.68 Å². The number of hydrogen-bond donors (Lipinski definition) is 2. The number of hydrogen-bond acceptors (Lipinski definition) is 2. The molecular formula is C33H30N5+. The number of imidazole rings is 1. The molecule has 5 heteroatoms. The quantitative estimate of drug-likeness (QED) is 0.228. The number of allylic oxidation sites excluding steroid dienone is 1. The van der Waals surface area contributed by atoms with E-state index < -0.39 is 0 Å². The van der Waals surface area contributed by atoms with E-state index in [0.29, 0.717) is 6.54 Å². The van der Waals surface area contributed by atoms with Crippen LogP contribution >= 0.6 is 0 Å². The highest BCUT2D eigenvalue weighted by Crippen LogP contribution is 2.29. The minimum Gasteiger partial charge on any atom is -0.286 e. The number of rotatable bonds is 7. The zero-order chi connectivity index (χ0) is 25.9. The van der Waals surface area contributed by atoms with Gasteiger partial charge in [0, 0.05) is 0 Å². The molecule has 0 bridgehead atoms. The van der Waals surface area contributed by atoms with Gasteiger partial charge in [0.25, 0.3) is 0 Å². The molecule has 0 unspecified atom stereocenters. The number of para-hydroxylation sites is 3. The summed E-state index contributed by atoms with van der Waals surface area (Å²) in [5, 5.41) is 7.32. The van der Waals surface area contributed by atoms with Gasteiger partial charge in [0.15, 0.2) is 5.69 Å². The first-order chi connectivity index (χ1) is 18.7. The van der Waals surface area contributed by atoms with Gasteiger partial charge in [-0.1, -0.05) is 91.0 Å². The topological polar surface area (TPSA) is 49.5 Å². The van der Waals surface area contributed by atoms with Crippen LogP contribution in [0.1, 0.15) is 29.3 Å². The number of benzene rings is 4. The fraction of sp³-hybridized carbons (Fsp3) is 0.0909. The molecule has 0 aliphatic rings. The van der Waals surface area contributed by atoms with Gasteiger partial charge in [0.1, 0.15) is 0 Å². The van der Waals surface area contributed by atoms with E-state index in [2.05, 4.69) is 131 Å². The van der Waals surface area contributed by atoms with Crippen LogP contribution in [0.2, 0.25) is 0 Å². The van der Waals surface area contributed by atoms with Crippen molar-refractivity contribution in [3.63, 3.8) is 0 Å². The van der Waals surface area contributed by atoms with Crippen LogP contribution in [0.15, 0.2) is 115 Å². The van der Waals surface area contributed by atoms with Crippen LogP contribution in [0.25, 0.3) is 28.4 Å². The maximum atomic E-state index is 5.03. The molecule has 6 rings (SSSR count). The number of fused-ring (bicyclic) bond motifs is 1. The van der Waals surface area contributed by atoms with Crippen molar-refractivity contribution < 1.29 is 4.68 Å². The lowest BCUT2D eigenvalue weighted by atomic mass is 10.0. The Bertz CT molecular complexity index is 1710. The first-order valence-electron chi connectivity index (χ1n) is 12.9. The molecule has 2 aromatic heterocycles. The molecule has 0 radical (unpaired) electrons. The van der Waals surface area contributed by atoms with Crippen molar-refractivity contribution in [2.75, 3.05) is 5.32 Å². The van der Waals surface area contributed by atoms with Crippen molar-refractivity contribution in [1.29, 1.82) is 0 Å². The van der Waals surface area contributed by atoms with Crippen LogP contribution in [-0.4, -0.2) is 14.6 Å². The van der Waals surface area contributed by atoms with Crippen LogP contribution in [0.5, 0.6) is 0 Å². The fourth-order valence-electron chi connectivity index (χ4n) is 4.86. The maximum Gasteiger partial charge on any atom is 0.315 e. The van der Waals surface area contributed by atoms with Crippen molar-refractivity contribution in [2.45, 2.75) is 20.4 Å². The van der Waals surface area contributed by atoms with Gasteiger partial charge in [-0.25, -0.2) is 10.4 Å². The van der Waals surface area contributed by atoms with E-state index in [1.54, 1.807) is 0 Å². The van der Waals surface area contributed by atoms with Gasteiger partial charge >= 0.3 is 11.8 Å². The third-order valence-electron chi connectivity index (χ3n) is 6.83. The fourth-order valence-corrected chi connectivity index (χ4v) is 4.86.